The molecule has 1 aromatic carbocycles. The summed E-state index contributed by atoms with van der Waals surface area (Å²) in [6.45, 7) is 2.01. The molecule has 4 heteroatoms. The molecule has 2 N–H and O–H groups in total. The van der Waals surface area contributed by atoms with Crippen LogP contribution in [0.25, 0.3) is 0 Å². The first-order chi connectivity index (χ1) is 7.65. The van der Waals surface area contributed by atoms with E-state index in [-0.39, 0.29) is 0 Å². The third kappa shape index (κ3) is 2.52. The molecule has 82 valence electrons. The number of benzene rings is 1. The quantitative estimate of drug-likeness (QED) is 0.914. The number of nitrogens with zero attached hydrogens (tertiary/aromatic N) is 1. The summed E-state index contributed by atoms with van der Waals surface area (Å²) in [5, 5.41) is 0. The van der Waals surface area contributed by atoms with Gasteiger partial charge in [0.15, 0.2) is 11.6 Å². The largest absolute Gasteiger partial charge is 0.453 e. The number of nitrogens with two attached hydrogens (primary N) is 1. The average molecular weight is 279 g/mol. The summed E-state index contributed by atoms with van der Waals surface area (Å²) < 4.78 is 6.49. The first-order valence-corrected chi connectivity index (χ1v) is 5.60. The van der Waals surface area contributed by atoms with Crippen molar-refractivity contribution in [1.29, 1.82) is 0 Å². The number of pyridine rings is 1. The van der Waals surface area contributed by atoms with Crippen LogP contribution in [0.3, 0.4) is 0 Å². The van der Waals surface area contributed by atoms with Crippen LogP contribution in [0.5, 0.6) is 11.5 Å². The lowest BCUT2D eigenvalue weighted by molar-refractivity contribution is 0.482. The Morgan fingerprint density at radius 3 is 2.88 bits per heavy atom. The Labute approximate surface area is 102 Å². The fourth-order valence-corrected chi connectivity index (χ4v) is 1.63. The van der Waals surface area contributed by atoms with Crippen LogP contribution in [0.4, 0.5) is 5.82 Å². The highest BCUT2D eigenvalue weighted by Crippen LogP contribution is 2.28. The van der Waals surface area contributed by atoms with Crippen molar-refractivity contribution in [2.45, 2.75) is 6.92 Å². The van der Waals surface area contributed by atoms with Crippen molar-refractivity contribution >= 4 is 21.7 Å². The third-order valence-electron chi connectivity index (χ3n) is 2.07. The number of hydrogen-bond donors (Lipinski definition) is 1. The van der Waals surface area contributed by atoms with Crippen LogP contribution in [-0.2, 0) is 0 Å². The number of aromatic nitrogens is 1. The molecule has 0 saturated carbocycles. The Bertz CT molecular complexity index is 514. The lowest BCUT2D eigenvalue weighted by Gasteiger charge is -2.08. The smallest absolute Gasteiger partial charge is 0.170 e. The van der Waals surface area contributed by atoms with Crippen molar-refractivity contribution in [3.05, 3.63) is 46.6 Å². The summed E-state index contributed by atoms with van der Waals surface area (Å²) in [6, 6.07) is 9.57. The first-order valence-electron chi connectivity index (χ1n) is 4.81. The van der Waals surface area contributed by atoms with E-state index in [0.29, 0.717) is 11.6 Å². The number of aryl methyl sites for hydroxylation is 1. The summed E-state index contributed by atoms with van der Waals surface area (Å²) in [5.41, 5.74) is 6.86. The van der Waals surface area contributed by atoms with E-state index in [9.17, 15) is 0 Å². The molecule has 0 radical (unpaired) electrons. The molecule has 16 heavy (non-hydrogen) atoms. The summed E-state index contributed by atoms with van der Waals surface area (Å²) >= 11 is 3.33. The first kappa shape index (κ1) is 11.0. The molecule has 0 atom stereocenters. The van der Waals surface area contributed by atoms with E-state index in [0.717, 1.165) is 15.8 Å². The second-order valence-corrected chi connectivity index (χ2v) is 4.37. The molecule has 0 bridgehead atoms. The van der Waals surface area contributed by atoms with Crippen LogP contribution in [0.1, 0.15) is 5.56 Å². The van der Waals surface area contributed by atoms with Gasteiger partial charge in [-0.05, 0) is 40.5 Å². The molecule has 0 aliphatic heterocycles. The zero-order chi connectivity index (χ0) is 11.5. The second-order valence-electron chi connectivity index (χ2n) is 3.46. The highest BCUT2D eigenvalue weighted by atomic mass is 79.9. The monoisotopic (exact) mass is 278 g/mol. The average Bonchev–Trinajstić information content (AvgIpc) is 2.24. The standard InChI is InChI=1S/C12H11BrN2O/c1-8-3-2-4-10(5-8)16-11-6-9(13)7-15-12(11)14/h2-7H,1H3,(H2,14,15). The summed E-state index contributed by atoms with van der Waals surface area (Å²) in [5.74, 6) is 1.69. The Morgan fingerprint density at radius 2 is 2.12 bits per heavy atom. The van der Waals surface area contributed by atoms with Gasteiger partial charge >= 0.3 is 0 Å². The van der Waals surface area contributed by atoms with Gasteiger partial charge in [0.05, 0.1) is 0 Å². The van der Waals surface area contributed by atoms with E-state index in [1.54, 1.807) is 12.3 Å². The van der Waals surface area contributed by atoms with Crippen molar-refractivity contribution in [1.82, 2.24) is 4.98 Å². The van der Waals surface area contributed by atoms with Gasteiger partial charge < -0.3 is 10.5 Å². The summed E-state index contributed by atoms with van der Waals surface area (Å²) in [6.07, 6.45) is 1.64. The van der Waals surface area contributed by atoms with Crippen LogP contribution in [0.15, 0.2) is 41.0 Å². The third-order valence-corrected chi connectivity index (χ3v) is 2.50. The molecular formula is C12H11BrN2O. The number of nitrogen functional groups attached to an aromatic ring is 1. The van der Waals surface area contributed by atoms with Gasteiger partial charge in [0.1, 0.15) is 5.75 Å². The molecule has 2 rings (SSSR count). The van der Waals surface area contributed by atoms with Gasteiger partial charge in [-0.2, -0.15) is 0 Å². The zero-order valence-corrected chi connectivity index (χ0v) is 10.4. The SMILES string of the molecule is Cc1cccc(Oc2cc(Br)cnc2N)c1. The Balaban J connectivity index is 2.30. The Hall–Kier alpha value is -1.55. The normalized spacial score (nSPS) is 10.1. The molecule has 1 aromatic heterocycles. The molecule has 2 aromatic rings. The maximum absolute atomic E-state index is 5.72. The van der Waals surface area contributed by atoms with E-state index in [1.807, 2.05) is 31.2 Å². The molecule has 0 saturated heterocycles. The Kier molecular flexibility index (Phi) is 3.10. The summed E-state index contributed by atoms with van der Waals surface area (Å²) in [4.78, 5) is 4.00. The molecular weight excluding hydrogens is 268 g/mol. The number of rotatable bonds is 2. The molecule has 0 amide bonds. The minimum Gasteiger partial charge on any atom is -0.453 e. The van der Waals surface area contributed by atoms with E-state index in [1.165, 1.54) is 0 Å². The lowest BCUT2D eigenvalue weighted by atomic mass is 10.2. The molecule has 0 aliphatic rings. The predicted molar refractivity (Wildman–Crippen MR) is 67.6 cm³/mol. The highest BCUT2D eigenvalue weighted by Gasteiger charge is 2.04. The topological polar surface area (TPSA) is 48.1 Å². The minimum absolute atomic E-state index is 0.379. The van der Waals surface area contributed by atoms with Gasteiger partial charge in [-0.15, -0.1) is 0 Å². The van der Waals surface area contributed by atoms with Crippen LogP contribution >= 0.6 is 15.9 Å². The van der Waals surface area contributed by atoms with Gasteiger partial charge in [0.25, 0.3) is 0 Å². The minimum atomic E-state index is 0.379. The predicted octanol–water partition coefficient (Wildman–Crippen LogP) is 3.53. The van der Waals surface area contributed by atoms with Crippen molar-refractivity contribution in [2.75, 3.05) is 5.73 Å². The van der Waals surface area contributed by atoms with Gasteiger partial charge in [0.2, 0.25) is 0 Å². The maximum atomic E-state index is 5.72. The molecule has 1 heterocycles. The fraction of sp³-hybridized carbons (Fsp3) is 0.0833. The van der Waals surface area contributed by atoms with Crippen molar-refractivity contribution < 1.29 is 4.74 Å². The summed E-state index contributed by atoms with van der Waals surface area (Å²) in [7, 11) is 0. The lowest BCUT2D eigenvalue weighted by Crippen LogP contribution is -1.95. The Morgan fingerprint density at radius 1 is 1.31 bits per heavy atom. The van der Waals surface area contributed by atoms with Crippen LogP contribution in [-0.4, -0.2) is 4.98 Å². The van der Waals surface area contributed by atoms with Gasteiger partial charge in [-0.25, -0.2) is 4.98 Å². The van der Waals surface area contributed by atoms with Crippen LogP contribution in [0, 0.1) is 6.92 Å². The van der Waals surface area contributed by atoms with Crippen molar-refractivity contribution in [2.24, 2.45) is 0 Å². The van der Waals surface area contributed by atoms with Crippen LogP contribution in [0.2, 0.25) is 0 Å². The van der Waals surface area contributed by atoms with E-state index in [4.69, 9.17) is 10.5 Å². The number of hydrogen-bond acceptors (Lipinski definition) is 3. The van der Waals surface area contributed by atoms with Crippen molar-refractivity contribution in [3.8, 4) is 11.5 Å². The second kappa shape index (κ2) is 4.53. The van der Waals surface area contributed by atoms with E-state index >= 15 is 0 Å². The number of anilines is 1. The highest BCUT2D eigenvalue weighted by molar-refractivity contribution is 9.10. The molecule has 3 nitrogen and oxygen atoms in total. The fourth-order valence-electron chi connectivity index (χ4n) is 1.32. The van der Waals surface area contributed by atoms with Gasteiger partial charge in [0, 0.05) is 16.7 Å². The number of ether oxygens (including phenoxy) is 1. The van der Waals surface area contributed by atoms with Crippen molar-refractivity contribution in [3.63, 3.8) is 0 Å². The van der Waals surface area contributed by atoms with Gasteiger partial charge in [-0.1, -0.05) is 12.1 Å². The van der Waals surface area contributed by atoms with E-state index in [2.05, 4.69) is 20.9 Å². The van der Waals surface area contributed by atoms with E-state index < -0.39 is 0 Å². The molecule has 0 aliphatic carbocycles. The molecule has 0 fully saturated rings. The molecule has 0 spiro atoms. The number of halogens is 1. The zero-order valence-electron chi connectivity index (χ0n) is 8.77. The molecule has 0 unspecified atom stereocenters. The van der Waals surface area contributed by atoms with Crippen LogP contribution < -0.4 is 10.5 Å². The maximum Gasteiger partial charge on any atom is 0.170 e. The van der Waals surface area contributed by atoms with Gasteiger partial charge in [-0.3, -0.25) is 0 Å².